The van der Waals surface area contributed by atoms with E-state index in [0.29, 0.717) is 18.1 Å². The summed E-state index contributed by atoms with van der Waals surface area (Å²) >= 11 is 0. The highest BCUT2D eigenvalue weighted by Gasteiger charge is 2.21. The minimum absolute atomic E-state index is 0.0381. The highest BCUT2D eigenvalue weighted by molar-refractivity contribution is 5.89. The van der Waals surface area contributed by atoms with Crippen molar-refractivity contribution in [1.82, 2.24) is 0 Å². The molecular formula is C16H23NO4. The summed E-state index contributed by atoms with van der Waals surface area (Å²) in [7, 11) is 0. The first-order valence-corrected chi connectivity index (χ1v) is 7.13. The molecule has 1 rings (SSSR count). The van der Waals surface area contributed by atoms with Crippen LogP contribution in [0.4, 0.5) is 5.69 Å². The van der Waals surface area contributed by atoms with Gasteiger partial charge < -0.3 is 4.74 Å². The molecule has 0 aliphatic carbocycles. The Hall–Kier alpha value is -1.91. The van der Waals surface area contributed by atoms with Gasteiger partial charge in [-0.2, -0.15) is 0 Å². The van der Waals surface area contributed by atoms with Crippen LogP contribution in [0.3, 0.4) is 0 Å². The van der Waals surface area contributed by atoms with Gasteiger partial charge in [0.1, 0.15) is 0 Å². The number of carbonyl (C=O) groups excluding carboxylic acids is 1. The molecular weight excluding hydrogens is 270 g/mol. The first-order chi connectivity index (χ1) is 9.71. The first-order valence-electron chi connectivity index (χ1n) is 7.13. The van der Waals surface area contributed by atoms with Gasteiger partial charge in [-0.15, -0.1) is 0 Å². The molecule has 0 saturated heterocycles. The molecule has 0 atom stereocenters. The number of nitro benzene ring substituents is 1. The monoisotopic (exact) mass is 293 g/mol. The zero-order valence-electron chi connectivity index (χ0n) is 13.1. The molecule has 0 saturated carbocycles. The quantitative estimate of drug-likeness (QED) is 0.429. The summed E-state index contributed by atoms with van der Waals surface area (Å²) in [6.45, 7) is 8.81. The van der Waals surface area contributed by atoms with Crippen molar-refractivity contribution in [2.24, 2.45) is 11.3 Å². The second-order valence-electron chi connectivity index (χ2n) is 6.48. The van der Waals surface area contributed by atoms with Gasteiger partial charge in [-0.05, 0) is 29.9 Å². The predicted octanol–water partition coefficient (Wildman–Crippen LogP) is 4.21. The summed E-state index contributed by atoms with van der Waals surface area (Å²) in [6, 6.07) is 5.45. The third-order valence-electron chi connectivity index (χ3n) is 3.31. The maximum Gasteiger partial charge on any atom is 0.338 e. The van der Waals surface area contributed by atoms with Crippen molar-refractivity contribution in [1.29, 1.82) is 0 Å². The summed E-state index contributed by atoms with van der Waals surface area (Å²) in [5, 5.41) is 10.6. The maximum atomic E-state index is 11.9. The third-order valence-corrected chi connectivity index (χ3v) is 3.31. The van der Waals surface area contributed by atoms with E-state index >= 15 is 0 Å². The molecule has 5 nitrogen and oxygen atoms in total. The zero-order chi connectivity index (χ0) is 16.0. The van der Waals surface area contributed by atoms with Crippen LogP contribution < -0.4 is 0 Å². The molecule has 0 heterocycles. The minimum Gasteiger partial charge on any atom is -0.462 e. The number of hydrogen-bond acceptors (Lipinski definition) is 4. The van der Waals surface area contributed by atoms with Gasteiger partial charge >= 0.3 is 5.97 Å². The summed E-state index contributed by atoms with van der Waals surface area (Å²) < 4.78 is 5.32. The summed E-state index contributed by atoms with van der Waals surface area (Å²) in [6.07, 6.45) is 2.07. The number of nitro groups is 1. The molecule has 0 spiro atoms. The van der Waals surface area contributed by atoms with Crippen molar-refractivity contribution in [3.63, 3.8) is 0 Å². The molecule has 0 unspecified atom stereocenters. The maximum absolute atomic E-state index is 11.9. The SMILES string of the molecule is CC(C)CCC(C)(C)COC(=O)c1ccc([N+](=O)[O-])cc1. The average Bonchev–Trinajstić information content (AvgIpc) is 2.43. The van der Waals surface area contributed by atoms with Crippen LogP contribution in [-0.2, 0) is 4.74 Å². The van der Waals surface area contributed by atoms with E-state index in [0.717, 1.165) is 12.8 Å². The fraction of sp³-hybridized carbons (Fsp3) is 0.562. The van der Waals surface area contributed by atoms with E-state index < -0.39 is 10.9 Å². The van der Waals surface area contributed by atoms with Crippen LogP contribution in [0.15, 0.2) is 24.3 Å². The van der Waals surface area contributed by atoms with Crippen molar-refractivity contribution in [2.45, 2.75) is 40.5 Å². The Kier molecular flexibility index (Phi) is 5.88. The topological polar surface area (TPSA) is 69.4 Å². The lowest BCUT2D eigenvalue weighted by atomic mass is 9.86. The number of ether oxygens (including phenoxy) is 1. The van der Waals surface area contributed by atoms with Gasteiger partial charge in [0, 0.05) is 12.1 Å². The number of nitrogens with zero attached hydrogens (tertiary/aromatic N) is 1. The fourth-order valence-corrected chi connectivity index (χ4v) is 1.82. The molecule has 0 radical (unpaired) electrons. The zero-order valence-corrected chi connectivity index (χ0v) is 13.1. The van der Waals surface area contributed by atoms with Crippen LogP contribution in [0.25, 0.3) is 0 Å². The lowest BCUT2D eigenvalue weighted by Gasteiger charge is -2.25. The number of non-ortho nitro benzene ring substituents is 1. The highest BCUT2D eigenvalue weighted by Crippen LogP contribution is 2.25. The molecule has 0 N–H and O–H groups in total. The van der Waals surface area contributed by atoms with E-state index in [2.05, 4.69) is 27.7 Å². The van der Waals surface area contributed by atoms with Gasteiger partial charge in [-0.25, -0.2) is 4.79 Å². The van der Waals surface area contributed by atoms with Crippen LogP contribution in [0.1, 0.15) is 50.9 Å². The van der Waals surface area contributed by atoms with Gasteiger partial charge in [-0.1, -0.05) is 34.1 Å². The highest BCUT2D eigenvalue weighted by atomic mass is 16.6. The van der Waals surface area contributed by atoms with Gasteiger partial charge in [0.05, 0.1) is 17.1 Å². The number of benzene rings is 1. The lowest BCUT2D eigenvalue weighted by Crippen LogP contribution is -2.22. The number of carbonyl (C=O) groups is 1. The van der Waals surface area contributed by atoms with E-state index in [9.17, 15) is 14.9 Å². The largest absolute Gasteiger partial charge is 0.462 e. The van der Waals surface area contributed by atoms with Crippen molar-refractivity contribution < 1.29 is 14.5 Å². The van der Waals surface area contributed by atoms with Crippen LogP contribution in [0, 0.1) is 21.4 Å². The van der Waals surface area contributed by atoms with E-state index in [-0.39, 0.29) is 11.1 Å². The van der Waals surface area contributed by atoms with Gasteiger partial charge in [0.25, 0.3) is 5.69 Å². The second-order valence-corrected chi connectivity index (χ2v) is 6.48. The molecule has 0 aromatic heterocycles. The summed E-state index contributed by atoms with van der Waals surface area (Å²) in [4.78, 5) is 22.0. The van der Waals surface area contributed by atoms with Crippen molar-refractivity contribution in [3.05, 3.63) is 39.9 Å². The van der Waals surface area contributed by atoms with E-state index in [1.54, 1.807) is 0 Å². The molecule has 0 aliphatic heterocycles. The Labute approximate surface area is 125 Å². The number of rotatable bonds is 7. The van der Waals surface area contributed by atoms with E-state index in [1.807, 2.05) is 0 Å². The predicted molar refractivity (Wildman–Crippen MR) is 81.2 cm³/mol. The van der Waals surface area contributed by atoms with E-state index in [4.69, 9.17) is 4.74 Å². The smallest absolute Gasteiger partial charge is 0.338 e. The Morgan fingerprint density at radius 3 is 2.33 bits per heavy atom. The number of hydrogen-bond donors (Lipinski definition) is 0. The van der Waals surface area contributed by atoms with Gasteiger partial charge in [0.15, 0.2) is 0 Å². The van der Waals surface area contributed by atoms with Gasteiger partial charge in [-0.3, -0.25) is 10.1 Å². The lowest BCUT2D eigenvalue weighted by molar-refractivity contribution is -0.384. The van der Waals surface area contributed by atoms with Crippen molar-refractivity contribution in [2.75, 3.05) is 6.61 Å². The fourth-order valence-electron chi connectivity index (χ4n) is 1.82. The minimum atomic E-state index is -0.496. The number of esters is 1. The molecule has 116 valence electrons. The summed E-state index contributed by atoms with van der Waals surface area (Å²) in [5.41, 5.74) is 0.227. The van der Waals surface area contributed by atoms with Crippen LogP contribution >= 0.6 is 0 Å². The molecule has 0 bridgehead atoms. The molecule has 1 aromatic rings. The molecule has 0 amide bonds. The first kappa shape index (κ1) is 17.1. The van der Waals surface area contributed by atoms with Gasteiger partial charge in [0.2, 0.25) is 0 Å². The molecule has 1 aromatic carbocycles. The Morgan fingerprint density at radius 1 is 1.29 bits per heavy atom. The van der Waals surface area contributed by atoms with Crippen LogP contribution in [0.5, 0.6) is 0 Å². The van der Waals surface area contributed by atoms with Crippen molar-refractivity contribution in [3.8, 4) is 0 Å². The molecule has 21 heavy (non-hydrogen) atoms. The Bertz CT molecular complexity index is 492. The third kappa shape index (κ3) is 5.94. The van der Waals surface area contributed by atoms with E-state index in [1.165, 1.54) is 24.3 Å². The standard InChI is InChI=1S/C16H23NO4/c1-12(2)9-10-16(3,4)11-21-15(18)13-5-7-14(8-6-13)17(19)20/h5-8,12H,9-11H2,1-4H3. The average molecular weight is 293 g/mol. The molecule has 0 fully saturated rings. The van der Waals surface area contributed by atoms with Crippen LogP contribution in [-0.4, -0.2) is 17.5 Å². The normalized spacial score (nSPS) is 11.5. The molecule has 5 heteroatoms. The second kappa shape index (κ2) is 7.20. The summed E-state index contributed by atoms with van der Waals surface area (Å²) in [5.74, 6) is 0.178. The van der Waals surface area contributed by atoms with Crippen molar-refractivity contribution >= 4 is 11.7 Å². The Balaban J connectivity index is 2.55. The molecule has 0 aliphatic rings. The van der Waals surface area contributed by atoms with Crippen LogP contribution in [0.2, 0.25) is 0 Å². The Morgan fingerprint density at radius 2 is 1.86 bits per heavy atom.